The molecule has 0 heterocycles. The quantitative estimate of drug-likeness (QED) is 0.756. The molecule has 0 fully saturated rings. The van der Waals surface area contributed by atoms with Crippen molar-refractivity contribution in [2.24, 2.45) is 0 Å². The third-order valence-electron chi connectivity index (χ3n) is 2.33. The van der Waals surface area contributed by atoms with Crippen LogP contribution in [0.1, 0.15) is 5.56 Å². The Morgan fingerprint density at radius 2 is 1.89 bits per heavy atom. The average Bonchev–Trinajstić information content (AvgIpc) is 2.35. The van der Waals surface area contributed by atoms with E-state index < -0.39 is 25.0 Å². The number of anilines is 1. The molecule has 100 valence electrons. The van der Waals surface area contributed by atoms with Gasteiger partial charge in [-0.2, -0.15) is 5.26 Å². The van der Waals surface area contributed by atoms with Gasteiger partial charge in [0.05, 0.1) is 11.3 Å². The highest BCUT2D eigenvalue weighted by Gasteiger charge is 2.19. The second-order valence-electron chi connectivity index (χ2n) is 3.61. The molecule has 0 unspecified atom stereocenters. The first-order chi connectivity index (χ1) is 8.99. The third kappa shape index (κ3) is 3.89. The number of carboxylic acids is 2. The lowest BCUT2D eigenvalue weighted by molar-refractivity contribution is -0.136. The molecule has 0 amide bonds. The van der Waals surface area contributed by atoms with E-state index in [1.807, 2.05) is 6.07 Å². The minimum atomic E-state index is -1.15. The normalized spacial score (nSPS) is 9.68. The van der Waals surface area contributed by atoms with Crippen LogP contribution in [0, 0.1) is 11.3 Å². The molecule has 2 N–H and O–H groups in total. The summed E-state index contributed by atoms with van der Waals surface area (Å²) in [5.74, 6) is -2.31. The van der Waals surface area contributed by atoms with E-state index >= 15 is 0 Å². The lowest BCUT2D eigenvalue weighted by Crippen LogP contribution is -2.35. The maximum absolute atomic E-state index is 10.8. The first-order valence-corrected chi connectivity index (χ1v) is 6.47. The number of benzene rings is 1. The number of hydrogen-bond donors (Lipinski definition) is 2. The van der Waals surface area contributed by atoms with E-state index in [0.717, 1.165) is 4.90 Å². The predicted octanol–water partition coefficient (Wildman–Crippen LogP) is 1.26. The number of hydrogen-bond acceptors (Lipinski definition) is 5. The second-order valence-corrected chi connectivity index (χ2v) is 4.46. The average molecular weight is 280 g/mol. The van der Waals surface area contributed by atoms with Gasteiger partial charge in [-0.1, -0.05) is 6.07 Å². The van der Waals surface area contributed by atoms with Crippen LogP contribution in [0.3, 0.4) is 0 Å². The van der Waals surface area contributed by atoms with Crippen molar-refractivity contribution in [2.45, 2.75) is 4.90 Å². The molecule has 19 heavy (non-hydrogen) atoms. The Morgan fingerprint density at radius 3 is 2.32 bits per heavy atom. The van der Waals surface area contributed by atoms with Crippen molar-refractivity contribution in [3.8, 4) is 6.07 Å². The molecule has 0 saturated carbocycles. The van der Waals surface area contributed by atoms with E-state index in [4.69, 9.17) is 15.5 Å². The smallest absolute Gasteiger partial charge is 0.323 e. The molecule has 6 nitrogen and oxygen atoms in total. The molecule has 0 saturated heterocycles. The van der Waals surface area contributed by atoms with Gasteiger partial charge >= 0.3 is 11.9 Å². The van der Waals surface area contributed by atoms with Gasteiger partial charge in [0.1, 0.15) is 19.2 Å². The van der Waals surface area contributed by atoms with Gasteiger partial charge in [-0.25, -0.2) is 0 Å². The van der Waals surface area contributed by atoms with Crippen molar-refractivity contribution >= 4 is 29.4 Å². The van der Waals surface area contributed by atoms with Gasteiger partial charge in [0, 0.05) is 4.90 Å². The third-order valence-corrected chi connectivity index (χ3v) is 3.11. The molecule has 0 spiro atoms. The first-order valence-electron chi connectivity index (χ1n) is 5.25. The van der Waals surface area contributed by atoms with Crippen LogP contribution < -0.4 is 4.90 Å². The van der Waals surface area contributed by atoms with Crippen LogP contribution in [-0.2, 0) is 9.59 Å². The minimum absolute atomic E-state index is 0.289. The number of rotatable bonds is 6. The highest BCUT2D eigenvalue weighted by molar-refractivity contribution is 7.98. The molecule has 0 radical (unpaired) electrons. The van der Waals surface area contributed by atoms with E-state index in [9.17, 15) is 9.59 Å². The summed E-state index contributed by atoms with van der Waals surface area (Å²) >= 11 is 1.35. The summed E-state index contributed by atoms with van der Waals surface area (Å²) in [6, 6.07) is 6.93. The molecule has 0 aromatic heterocycles. The Labute approximate surface area is 114 Å². The van der Waals surface area contributed by atoms with Crippen LogP contribution in [0.2, 0.25) is 0 Å². The summed E-state index contributed by atoms with van der Waals surface area (Å²) in [6.45, 7) is -0.947. The standard InChI is InChI=1S/C12H12N2O4S/c1-19-10-4-2-3-9(8(10)5-13)14(6-11(15)16)7-12(17)18/h2-4H,6-7H2,1H3,(H,15,16)(H,17,18). The summed E-state index contributed by atoms with van der Waals surface area (Å²) in [5, 5.41) is 26.8. The molecule has 1 aromatic carbocycles. The molecule has 1 aromatic rings. The molecular weight excluding hydrogens is 268 g/mol. The zero-order chi connectivity index (χ0) is 14.4. The maximum atomic E-state index is 10.8. The van der Waals surface area contributed by atoms with Crippen LogP contribution in [0.5, 0.6) is 0 Å². The van der Waals surface area contributed by atoms with E-state index in [1.165, 1.54) is 11.8 Å². The largest absolute Gasteiger partial charge is 0.480 e. The summed E-state index contributed by atoms with van der Waals surface area (Å²) in [5.41, 5.74) is 0.608. The van der Waals surface area contributed by atoms with Gasteiger partial charge in [-0.05, 0) is 18.4 Å². The molecule has 0 bridgehead atoms. The second kappa shape index (κ2) is 6.66. The van der Waals surface area contributed by atoms with Gasteiger partial charge in [-0.15, -0.1) is 11.8 Å². The van der Waals surface area contributed by atoms with E-state index in [1.54, 1.807) is 24.5 Å². The fraction of sp³-hybridized carbons (Fsp3) is 0.250. The molecule has 0 atom stereocenters. The number of nitriles is 1. The summed E-state index contributed by atoms with van der Waals surface area (Å²) in [6.07, 6.45) is 1.79. The lowest BCUT2D eigenvalue weighted by Gasteiger charge is -2.22. The van der Waals surface area contributed by atoms with Gasteiger partial charge in [-0.3, -0.25) is 9.59 Å². The van der Waals surface area contributed by atoms with Crippen molar-refractivity contribution in [2.75, 3.05) is 24.2 Å². The summed E-state index contributed by atoms with van der Waals surface area (Å²) in [7, 11) is 0. The number of carbonyl (C=O) groups is 2. The van der Waals surface area contributed by atoms with Gasteiger partial charge in [0.2, 0.25) is 0 Å². The van der Waals surface area contributed by atoms with Crippen LogP contribution >= 0.6 is 11.8 Å². The molecule has 0 aliphatic heterocycles. The zero-order valence-electron chi connectivity index (χ0n) is 10.2. The minimum Gasteiger partial charge on any atom is -0.480 e. The van der Waals surface area contributed by atoms with E-state index in [-0.39, 0.29) is 5.56 Å². The Kier molecular flexibility index (Phi) is 5.21. The van der Waals surface area contributed by atoms with Gasteiger partial charge in [0.15, 0.2) is 0 Å². The fourth-order valence-electron chi connectivity index (χ4n) is 1.62. The van der Waals surface area contributed by atoms with Crippen molar-refractivity contribution in [1.82, 2.24) is 0 Å². The topological polar surface area (TPSA) is 102 Å². The number of aliphatic carboxylic acids is 2. The first kappa shape index (κ1) is 14.9. The Bertz CT molecular complexity index is 523. The Morgan fingerprint density at radius 1 is 1.32 bits per heavy atom. The highest BCUT2D eigenvalue weighted by Crippen LogP contribution is 2.28. The molecular formula is C12H12N2O4S. The van der Waals surface area contributed by atoms with E-state index in [2.05, 4.69) is 0 Å². The lowest BCUT2D eigenvalue weighted by atomic mass is 10.1. The Balaban J connectivity index is 3.25. The predicted molar refractivity (Wildman–Crippen MR) is 70.4 cm³/mol. The number of thioether (sulfide) groups is 1. The number of nitrogens with zero attached hydrogens (tertiary/aromatic N) is 2. The monoisotopic (exact) mass is 280 g/mol. The molecule has 1 rings (SSSR count). The van der Waals surface area contributed by atoms with E-state index in [0.29, 0.717) is 10.6 Å². The van der Waals surface area contributed by atoms with Gasteiger partial charge in [0.25, 0.3) is 0 Å². The summed E-state index contributed by atoms with van der Waals surface area (Å²) in [4.78, 5) is 23.4. The van der Waals surface area contributed by atoms with Crippen molar-refractivity contribution in [1.29, 1.82) is 5.26 Å². The van der Waals surface area contributed by atoms with Crippen LogP contribution in [0.25, 0.3) is 0 Å². The fourth-order valence-corrected chi connectivity index (χ4v) is 2.19. The Hall–Kier alpha value is -2.20. The van der Waals surface area contributed by atoms with Crippen LogP contribution in [0.4, 0.5) is 5.69 Å². The highest BCUT2D eigenvalue weighted by atomic mass is 32.2. The molecule has 7 heteroatoms. The van der Waals surface area contributed by atoms with Crippen molar-refractivity contribution in [3.05, 3.63) is 23.8 Å². The van der Waals surface area contributed by atoms with Crippen molar-refractivity contribution < 1.29 is 19.8 Å². The zero-order valence-corrected chi connectivity index (χ0v) is 11.0. The SMILES string of the molecule is CSc1cccc(N(CC(=O)O)CC(=O)O)c1C#N. The summed E-state index contributed by atoms with van der Waals surface area (Å²) < 4.78 is 0. The van der Waals surface area contributed by atoms with Crippen LogP contribution in [-0.4, -0.2) is 41.5 Å². The van der Waals surface area contributed by atoms with Crippen molar-refractivity contribution in [3.63, 3.8) is 0 Å². The maximum Gasteiger partial charge on any atom is 0.323 e. The van der Waals surface area contributed by atoms with Gasteiger partial charge < -0.3 is 15.1 Å². The number of carboxylic acid groups (broad SMARTS) is 2. The molecule has 0 aliphatic rings. The van der Waals surface area contributed by atoms with Crippen LogP contribution in [0.15, 0.2) is 23.1 Å². The molecule has 0 aliphatic carbocycles.